The second-order valence-electron chi connectivity index (χ2n) is 7.05. The fraction of sp³-hybridized carbons (Fsp3) is 0.364. The fourth-order valence-corrected chi connectivity index (χ4v) is 3.23. The number of aliphatic imine (C=N–C) groups is 1. The van der Waals surface area contributed by atoms with Crippen molar-refractivity contribution in [3.63, 3.8) is 0 Å². The Balaban J connectivity index is 0.00000320. The van der Waals surface area contributed by atoms with Crippen molar-refractivity contribution in [2.75, 3.05) is 32.1 Å². The third kappa shape index (κ3) is 7.40. The number of nitrogens with one attached hydrogen (secondary N) is 2. The number of urea groups is 1. The minimum absolute atomic E-state index is 0. The molecule has 7 nitrogen and oxygen atoms in total. The van der Waals surface area contributed by atoms with E-state index in [2.05, 4.69) is 15.6 Å². The molecule has 8 heteroatoms. The first-order valence-electron chi connectivity index (χ1n) is 9.95. The quantitative estimate of drug-likeness (QED) is 0.294. The molecule has 0 saturated carbocycles. The zero-order valence-corrected chi connectivity index (χ0v) is 19.6. The first kappa shape index (κ1) is 23.8. The van der Waals surface area contributed by atoms with Gasteiger partial charge in [-0.1, -0.05) is 24.3 Å². The third-order valence-electron chi connectivity index (χ3n) is 4.88. The molecule has 162 valence electrons. The van der Waals surface area contributed by atoms with Crippen LogP contribution in [0.25, 0.3) is 0 Å². The summed E-state index contributed by atoms with van der Waals surface area (Å²) in [6.07, 6.45) is 3.00. The number of rotatable bonds is 7. The number of nitrogens with two attached hydrogens (primary N) is 1. The number of amides is 2. The number of ether oxygens (including phenoxy) is 1. The lowest BCUT2D eigenvalue weighted by Crippen LogP contribution is -2.33. The second-order valence-corrected chi connectivity index (χ2v) is 7.05. The van der Waals surface area contributed by atoms with Gasteiger partial charge < -0.3 is 26.0 Å². The predicted octanol–water partition coefficient (Wildman–Crippen LogP) is 3.59. The van der Waals surface area contributed by atoms with Crippen LogP contribution in [0, 0.1) is 0 Å². The zero-order valence-electron chi connectivity index (χ0n) is 17.3. The number of nitrogens with zero attached hydrogens (tertiary/aromatic N) is 2. The van der Waals surface area contributed by atoms with Crippen LogP contribution < -0.4 is 21.1 Å². The van der Waals surface area contributed by atoms with E-state index in [4.69, 9.17) is 10.5 Å². The lowest BCUT2D eigenvalue weighted by atomic mass is 10.1. The molecule has 1 heterocycles. The van der Waals surface area contributed by atoms with E-state index in [1.165, 1.54) is 5.56 Å². The highest BCUT2D eigenvalue weighted by atomic mass is 127. The summed E-state index contributed by atoms with van der Waals surface area (Å²) in [6, 6.07) is 15.6. The van der Waals surface area contributed by atoms with Gasteiger partial charge in [0.15, 0.2) is 5.96 Å². The summed E-state index contributed by atoms with van der Waals surface area (Å²) in [4.78, 5) is 18.4. The maximum absolute atomic E-state index is 12.2. The second kappa shape index (κ2) is 12.3. The van der Waals surface area contributed by atoms with Crippen LogP contribution in [0.3, 0.4) is 0 Å². The number of methoxy groups -OCH3 is 1. The van der Waals surface area contributed by atoms with Gasteiger partial charge in [0.1, 0.15) is 5.75 Å². The van der Waals surface area contributed by atoms with Crippen molar-refractivity contribution in [2.45, 2.75) is 25.8 Å². The van der Waals surface area contributed by atoms with Crippen LogP contribution in [0.5, 0.6) is 5.75 Å². The molecule has 1 aliphatic heterocycles. The molecule has 0 unspecified atom stereocenters. The van der Waals surface area contributed by atoms with Crippen molar-refractivity contribution in [1.29, 1.82) is 0 Å². The van der Waals surface area contributed by atoms with Gasteiger partial charge in [-0.25, -0.2) is 9.79 Å². The third-order valence-corrected chi connectivity index (χ3v) is 4.88. The zero-order chi connectivity index (χ0) is 20.5. The Hall–Kier alpha value is -2.49. The van der Waals surface area contributed by atoms with Crippen LogP contribution in [0.2, 0.25) is 0 Å². The van der Waals surface area contributed by atoms with Gasteiger partial charge in [-0.2, -0.15) is 0 Å². The average Bonchev–Trinajstić information content (AvgIpc) is 3.28. The van der Waals surface area contributed by atoms with E-state index in [1.54, 1.807) is 7.11 Å². The van der Waals surface area contributed by atoms with Crippen LogP contribution >= 0.6 is 24.0 Å². The summed E-state index contributed by atoms with van der Waals surface area (Å²) >= 11 is 0. The van der Waals surface area contributed by atoms with Crippen molar-refractivity contribution in [3.8, 4) is 5.75 Å². The van der Waals surface area contributed by atoms with Gasteiger partial charge >= 0.3 is 6.03 Å². The van der Waals surface area contributed by atoms with E-state index in [1.807, 2.05) is 53.4 Å². The highest BCUT2D eigenvalue weighted by Gasteiger charge is 2.17. The average molecular weight is 523 g/mol. The smallest absolute Gasteiger partial charge is 0.321 e. The van der Waals surface area contributed by atoms with Crippen molar-refractivity contribution >= 4 is 41.7 Å². The summed E-state index contributed by atoms with van der Waals surface area (Å²) in [5, 5.41) is 6.09. The minimum Gasteiger partial charge on any atom is -0.497 e. The van der Waals surface area contributed by atoms with Gasteiger partial charge in [-0.05, 0) is 54.7 Å². The summed E-state index contributed by atoms with van der Waals surface area (Å²) in [5.41, 5.74) is 8.95. The lowest BCUT2D eigenvalue weighted by Gasteiger charge is -2.16. The minimum atomic E-state index is -0.0390. The first-order chi connectivity index (χ1) is 14.1. The van der Waals surface area contributed by atoms with Crippen LogP contribution in [-0.2, 0) is 13.0 Å². The maximum atomic E-state index is 12.2. The van der Waals surface area contributed by atoms with E-state index in [-0.39, 0.29) is 30.0 Å². The SMILES string of the molecule is COc1ccc(CCNC(N)=NCc2cccc(NC(=O)N3CCCC3)c2)cc1.I. The molecule has 0 aromatic heterocycles. The molecule has 2 amide bonds. The number of benzene rings is 2. The van der Waals surface area contributed by atoms with Crippen LogP contribution in [0.4, 0.5) is 10.5 Å². The molecule has 0 radical (unpaired) electrons. The van der Waals surface area contributed by atoms with Crippen molar-refractivity contribution in [2.24, 2.45) is 10.7 Å². The largest absolute Gasteiger partial charge is 0.497 e. The Morgan fingerprint density at radius 1 is 1.13 bits per heavy atom. The van der Waals surface area contributed by atoms with E-state index < -0.39 is 0 Å². The number of hydrogen-bond acceptors (Lipinski definition) is 3. The number of halogens is 1. The van der Waals surface area contributed by atoms with Crippen molar-refractivity contribution in [3.05, 3.63) is 59.7 Å². The fourth-order valence-electron chi connectivity index (χ4n) is 3.23. The molecule has 0 bridgehead atoms. The highest BCUT2D eigenvalue weighted by molar-refractivity contribution is 14.0. The molecule has 2 aromatic rings. The predicted molar refractivity (Wildman–Crippen MR) is 132 cm³/mol. The van der Waals surface area contributed by atoms with E-state index in [0.717, 1.165) is 49.4 Å². The van der Waals surface area contributed by atoms with Gasteiger partial charge in [0, 0.05) is 25.3 Å². The molecule has 1 fully saturated rings. The molecular weight excluding hydrogens is 493 g/mol. The molecule has 0 spiro atoms. The van der Waals surface area contributed by atoms with Gasteiger partial charge in [0.05, 0.1) is 13.7 Å². The number of likely N-dealkylation sites (tertiary alicyclic amines) is 1. The topological polar surface area (TPSA) is 92.0 Å². The summed E-state index contributed by atoms with van der Waals surface area (Å²) < 4.78 is 5.16. The first-order valence-corrected chi connectivity index (χ1v) is 9.95. The normalized spacial score (nSPS) is 13.5. The van der Waals surface area contributed by atoms with Crippen LogP contribution in [0.15, 0.2) is 53.5 Å². The van der Waals surface area contributed by atoms with Crippen LogP contribution in [-0.4, -0.2) is 43.6 Å². The molecule has 3 rings (SSSR count). The molecule has 4 N–H and O–H groups in total. The van der Waals surface area contributed by atoms with E-state index in [0.29, 0.717) is 19.0 Å². The number of anilines is 1. The van der Waals surface area contributed by atoms with Gasteiger partial charge in [0.2, 0.25) is 0 Å². The number of hydrogen-bond donors (Lipinski definition) is 3. The summed E-state index contributed by atoms with van der Waals surface area (Å²) in [7, 11) is 1.66. The van der Waals surface area contributed by atoms with Gasteiger partial charge in [-0.15, -0.1) is 24.0 Å². The highest BCUT2D eigenvalue weighted by Crippen LogP contribution is 2.15. The Bertz CT molecular complexity index is 836. The van der Waals surface area contributed by atoms with E-state index in [9.17, 15) is 4.79 Å². The Kier molecular flexibility index (Phi) is 9.72. The van der Waals surface area contributed by atoms with Gasteiger partial charge in [0.25, 0.3) is 0 Å². The standard InChI is InChI=1S/C22H29N5O2.HI/c1-29-20-9-7-17(8-10-20)11-12-24-21(23)25-16-18-5-4-6-19(15-18)26-22(28)27-13-2-3-14-27;/h4-10,15H,2-3,11-14,16H2,1H3,(H,26,28)(H3,23,24,25);1H. The summed E-state index contributed by atoms with van der Waals surface area (Å²) in [5.74, 6) is 1.26. The van der Waals surface area contributed by atoms with E-state index >= 15 is 0 Å². The van der Waals surface area contributed by atoms with Crippen LogP contribution in [0.1, 0.15) is 24.0 Å². The monoisotopic (exact) mass is 523 g/mol. The molecular formula is C22H30IN5O2. The van der Waals surface area contributed by atoms with Crippen molar-refractivity contribution in [1.82, 2.24) is 10.2 Å². The molecule has 0 atom stereocenters. The maximum Gasteiger partial charge on any atom is 0.321 e. The Labute approximate surface area is 195 Å². The number of carbonyl (C=O) groups is 1. The molecule has 30 heavy (non-hydrogen) atoms. The van der Waals surface area contributed by atoms with Crippen molar-refractivity contribution < 1.29 is 9.53 Å². The summed E-state index contributed by atoms with van der Waals surface area (Å²) in [6.45, 7) is 2.81. The lowest BCUT2D eigenvalue weighted by molar-refractivity contribution is 0.222. The number of carbonyl (C=O) groups excluding carboxylic acids is 1. The molecule has 1 aliphatic rings. The van der Waals surface area contributed by atoms with Gasteiger partial charge in [-0.3, -0.25) is 0 Å². The number of guanidine groups is 1. The molecule has 2 aromatic carbocycles. The molecule has 1 saturated heterocycles. The molecule has 0 aliphatic carbocycles. The Morgan fingerprint density at radius 2 is 1.87 bits per heavy atom. The Morgan fingerprint density at radius 3 is 2.57 bits per heavy atom.